The van der Waals surface area contributed by atoms with E-state index in [1.807, 2.05) is 32.6 Å². The molecule has 2 amide bonds. The number of ether oxygens (including phenoxy) is 1. The Morgan fingerprint density at radius 1 is 1.15 bits per heavy atom. The van der Waals surface area contributed by atoms with E-state index in [1.54, 1.807) is 19.2 Å². The number of carbonyl (C=O) groups excluding carboxylic acids is 1. The molecule has 1 aliphatic heterocycles. The predicted molar refractivity (Wildman–Crippen MR) is 125 cm³/mol. The van der Waals surface area contributed by atoms with E-state index in [2.05, 4.69) is 15.2 Å². The van der Waals surface area contributed by atoms with Crippen LogP contribution in [0.1, 0.15) is 43.4 Å². The fourth-order valence-corrected chi connectivity index (χ4v) is 3.80. The van der Waals surface area contributed by atoms with Crippen LogP contribution in [0.2, 0.25) is 0 Å². The van der Waals surface area contributed by atoms with Gasteiger partial charge < -0.3 is 19.9 Å². The zero-order valence-electron chi connectivity index (χ0n) is 19.9. The van der Waals surface area contributed by atoms with Gasteiger partial charge in [-0.3, -0.25) is 10.1 Å². The summed E-state index contributed by atoms with van der Waals surface area (Å²) in [6, 6.07) is 6.46. The van der Waals surface area contributed by atoms with Gasteiger partial charge in [-0.2, -0.15) is 0 Å². The average molecular weight is 457 g/mol. The molecular formula is C23H32N6O4. The number of nitro groups is 1. The third kappa shape index (κ3) is 6.38. The number of nitro benzene ring substituents is 1. The first-order valence-electron chi connectivity index (χ1n) is 11.0. The molecule has 0 saturated carbocycles. The molecule has 0 spiro atoms. The molecule has 0 aliphatic carbocycles. The van der Waals surface area contributed by atoms with Gasteiger partial charge in [0, 0.05) is 62.9 Å². The molecule has 10 heteroatoms. The number of non-ortho nitro benzene ring substituents is 1. The first-order valence-corrected chi connectivity index (χ1v) is 11.0. The van der Waals surface area contributed by atoms with Gasteiger partial charge in [0.15, 0.2) is 0 Å². The number of urea groups is 1. The smallest absolute Gasteiger partial charge is 0.317 e. The second-order valence-electron chi connectivity index (χ2n) is 9.21. The number of amides is 2. The third-order valence-electron chi connectivity index (χ3n) is 5.34. The summed E-state index contributed by atoms with van der Waals surface area (Å²) >= 11 is 0. The summed E-state index contributed by atoms with van der Waals surface area (Å²) in [5, 5.41) is 14.0. The average Bonchev–Trinajstić information content (AvgIpc) is 2.75. The van der Waals surface area contributed by atoms with Gasteiger partial charge in [-0.25, -0.2) is 14.8 Å². The van der Waals surface area contributed by atoms with Crippen LogP contribution in [-0.4, -0.2) is 64.7 Å². The minimum atomic E-state index is -0.407. The van der Waals surface area contributed by atoms with Gasteiger partial charge in [-0.05, 0) is 33.3 Å². The summed E-state index contributed by atoms with van der Waals surface area (Å²) in [4.78, 5) is 36.5. The van der Waals surface area contributed by atoms with Crippen LogP contribution in [0, 0.1) is 17.0 Å². The Bertz CT molecular complexity index is 995. The van der Waals surface area contributed by atoms with Gasteiger partial charge in [0.25, 0.3) is 5.69 Å². The van der Waals surface area contributed by atoms with Gasteiger partial charge in [0.1, 0.15) is 11.6 Å². The lowest BCUT2D eigenvalue weighted by Crippen LogP contribution is -2.55. The van der Waals surface area contributed by atoms with Gasteiger partial charge in [-0.15, -0.1) is 0 Å². The number of methoxy groups -OCH3 is 1. The van der Waals surface area contributed by atoms with Crippen molar-refractivity contribution in [2.75, 3.05) is 38.2 Å². The molecule has 2 aromatic rings. The molecule has 10 nitrogen and oxygen atoms in total. The fraction of sp³-hybridized carbons (Fsp3) is 0.522. The summed E-state index contributed by atoms with van der Waals surface area (Å²) in [6.45, 7) is 10.5. The number of rotatable bonds is 6. The molecule has 3 rings (SSSR count). The fourth-order valence-electron chi connectivity index (χ4n) is 3.80. The van der Waals surface area contributed by atoms with E-state index in [4.69, 9.17) is 9.72 Å². The number of piperazine rings is 1. The summed E-state index contributed by atoms with van der Waals surface area (Å²) in [7, 11) is 1.62. The largest absolute Gasteiger partial charge is 0.378 e. The molecule has 1 N–H and O–H groups in total. The van der Waals surface area contributed by atoms with E-state index in [-0.39, 0.29) is 17.3 Å². The van der Waals surface area contributed by atoms with Gasteiger partial charge in [0.2, 0.25) is 0 Å². The molecular weight excluding hydrogens is 424 g/mol. The van der Waals surface area contributed by atoms with E-state index >= 15 is 0 Å². The van der Waals surface area contributed by atoms with Gasteiger partial charge in [-0.1, -0.05) is 12.1 Å². The van der Waals surface area contributed by atoms with Crippen molar-refractivity contribution in [3.8, 4) is 0 Å². The minimum Gasteiger partial charge on any atom is -0.378 e. The number of hydrogen-bond donors (Lipinski definition) is 1. The van der Waals surface area contributed by atoms with Crippen molar-refractivity contribution in [2.45, 2.75) is 46.3 Å². The van der Waals surface area contributed by atoms with E-state index in [0.29, 0.717) is 45.0 Å². The minimum absolute atomic E-state index is 0.0564. The Kier molecular flexibility index (Phi) is 7.47. The Morgan fingerprint density at radius 3 is 2.33 bits per heavy atom. The Morgan fingerprint density at radius 2 is 1.79 bits per heavy atom. The molecule has 1 aromatic carbocycles. The molecule has 0 unspecified atom stereocenters. The quantitative estimate of drug-likeness (QED) is 0.525. The second-order valence-corrected chi connectivity index (χ2v) is 9.21. The summed E-state index contributed by atoms with van der Waals surface area (Å²) in [6.07, 6.45) is 0.525. The highest BCUT2D eigenvalue weighted by Gasteiger charge is 2.27. The van der Waals surface area contributed by atoms with Crippen molar-refractivity contribution in [1.82, 2.24) is 20.2 Å². The van der Waals surface area contributed by atoms with Crippen LogP contribution in [0.5, 0.6) is 0 Å². The van der Waals surface area contributed by atoms with Crippen LogP contribution in [0.25, 0.3) is 0 Å². The highest BCUT2D eigenvalue weighted by Crippen LogP contribution is 2.27. The van der Waals surface area contributed by atoms with Crippen molar-refractivity contribution in [2.24, 2.45) is 0 Å². The van der Waals surface area contributed by atoms with Crippen molar-refractivity contribution in [3.63, 3.8) is 0 Å². The summed E-state index contributed by atoms with van der Waals surface area (Å²) in [5.41, 5.74) is 2.43. The maximum atomic E-state index is 12.5. The van der Waals surface area contributed by atoms with Crippen molar-refractivity contribution in [1.29, 1.82) is 0 Å². The lowest BCUT2D eigenvalue weighted by Gasteiger charge is -2.37. The molecule has 0 radical (unpaired) electrons. The topological polar surface area (TPSA) is 114 Å². The van der Waals surface area contributed by atoms with Crippen LogP contribution in [-0.2, 0) is 17.8 Å². The van der Waals surface area contributed by atoms with Crippen molar-refractivity contribution >= 4 is 17.5 Å². The first-order chi connectivity index (χ1) is 15.6. The van der Waals surface area contributed by atoms with E-state index in [9.17, 15) is 14.9 Å². The van der Waals surface area contributed by atoms with Crippen LogP contribution in [0.3, 0.4) is 0 Å². The Labute approximate surface area is 194 Å². The standard InChI is InChI=1S/C23H32N6O4/c1-16-24-20(15-33-5)19(14-17-6-8-18(9-7-17)29(31)32)21(25-16)27-10-12-28(13-11-27)22(30)26-23(2,3)4/h6-9H,10-15H2,1-5H3,(H,26,30). The van der Waals surface area contributed by atoms with Crippen molar-refractivity contribution < 1.29 is 14.5 Å². The number of aromatic nitrogens is 2. The van der Waals surface area contributed by atoms with Crippen LogP contribution in [0.4, 0.5) is 16.3 Å². The highest BCUT2D eigenvalue weighted by molar-refractivity contribution is 5.75. The first kappa shape index (κ1) is 24.4. The number of aryl methyl sites for hydroxylation is 1. The number of benzene rings is 1. The molecule has 1 aliphatic rings. The summed E-state index contributed by atoms with van der Waals surface area (Å²) < 4.78 is 5.39. The Hall–Kier alpha value is -3.27. The maximum Gasteiger partial charge on any atom is 0.317 e. The number of carbonyl (C=O) groups is 1. The normalized spacial score (nSPS) is 14.3. The SMILES string of the molecule is COCc1nc(C)nc(N2CCN(C(=O)NC(C)(C)C)CC2)c1Cc1ccc([N+](=O)[O-])cc1. The molecule has 0 atom stereocenters. The van der Waals surface area contributed by atoms with Gasteiger partial charge >= 0.3 is 6.03 Å². The second kappa shape index (κ2) is 10.1. The number of nitrogens with one attached hydrogen (secondary N) is 1. The molecule has 33 heavy (non-hydrogen) atoms. The maximum absolute atomic E-state index is 12.5. The lowest BCUT2D eigenvalue weighted by atomic mass is 10.0. The molecule has 1 aromatic heterocycles. The lowest BCUT2D eigenvalue weighted by molar-refractivity contribution is -0.384. The van der Waals surface area contributed by atoms with Crippen LogP contribution < -0.4 is 10.2 Å². The van der Waals surface area contributed by atoms with Gasteiger partial charge in [0.05, 0.1) is 17.2 Å². The predicted octanol–water partition coefficient (Wildman–Crippen LogP) is 3.06. The highest BCUT2D eigenvalue weighted by atomic mass is 16.6. The number of anilines is 1. The molecule has 2 heterocycles. The van der Waals surface area contributed by atoms with Crippen molar-refractivity contribution in [3.05, 3.63) is 57.0 Å². The van der Waals surface area contributed by atoms with E-state index in [1.165, 1.54) is 12.1 Å². The monoisotopic (exact) mass is 456 g/mol. The zero-order valence-corrected chi connectivity index (χ0v) is 19.9. The van der Waals surface area contributed by atoms with E-state index < -0.39 is 4.92 Å². The summed E-state index contributed by atoms with van der Waals surface area (Å²) in [5.74, 6) is 1.47. The Balaban J connectivity index is 1.84. The molecule has 178 valence electrons. The number of nitrogens with zero attached hydrogens (tertiary/aromatic N) is 5. The van der Waals surface area contributed by atoms with Crippen LogP contribution in [0.15, 0.2) is 24.3 Å². The third-order valence-corrected chi connectivity index (χ3v) is 5.34. The zero-order chi connectivity index (χ0) is 24.2. The number of hydrogen-bond acceptors (Lipinski definition) is 7. The molecule has 0 bridgehead atoms. The molecule has 1 saturated heterocycles. The molecule has 1 fully saturated rings. The van der Waals surface area contributed by atoms with Crippen LogP contribution >= 0.6 is 0 Å². The van der Waals surface area contributed by atoms with E-state index in [0.717, 1.165) is 22.6 Å².